The third-order valence-electron chi connectivity index (χ3n) is 2.34. The molecule has 17 heavy (non-hydrogen) atoms. The number of ether oxygens (including phenoxy) is 1. The normalized spacial score (nSPS) is 9.65. The van der Waals surface area contributed by atoms with Crippen molar-refractivity contribution in [1.82, 2.24) is 10.2 Å². The van der Waals surface area contributed by atoms with Gasteiger partial charge in [0.1, 0.15) is 17.4 Å². The van der Waals surface area contributed by atoms with E-state index in [1.54, 1.807) is 24.3 Å². The second-order valence-corrected chi connectivity index (χ2v) is 3.43. The standard InChI is InChI=1S/C12H10N4O/c1-8-10(14)3-2-4-11(8)17-12-9(7-13)5-6-15-16-12/h2-6H,14H2,1H3. The highest BCUT2D eigenvalue weighted by molar-refractivity contribution is 5.54. The van der Waals surface area contributed by atoms with Crippen molar-refractivity contribution in [3.63, 3.8) is 0 Å². The van der Waals surface area contributed by atoms with Gasteiger partial charge >= 0.3 is 0 Å². The molecule has 0 aliphatic rings. The molecule has 0 fully saturated rings. The minimum Gasteiger partial charge on any atom is -0.436 e. The number of hydrogen-bond donors (Lipinski definition) is 1. The molecule has 0 spiro atoms. The van der Waals surface area contributed by atoms with Crippen LogP contribution in [0.25, 0.3) is 0 Å². The molecule has 84 valence electrons. The molecule has 5 nitrogen and oxygen atoms in total. The highest BCUT2D eigenvalue weighted by Crippen LogP contribution is 2.28. The molecule has 0 atom stereocenters. The van der Waals surface area contributed by atoms with E-state index in [0.29, 0.717) is 17.0 Å². The molecule has 0 saturated carbocycles. The van der Waals surface area contributed by atoms with Gasteiger partial charge in [-0.1, -0.05) is 6.07 Å². The van der Waals surface area contributed by atoms with E-state index in [1.165, 1.54) is 6.20 Å². The van der Waals surface area contributed by atoms with Crippen molar-refractivity contribution in [1.29, 1.82) is 5.26 Å². The van der Waals surface area contributed by atoms with Crippen LogP contribution >= 0.6 is 0 Å². The molecule has 2 N–H and O–H groups in total. The van der Waals surface area contributed by atoms with Crippen LogP contribution in [0.15, 0.2) is 30.5 Å². The van der Waals surface area contributed by atoms with E-state index in [1.807, 2.05) is 13.0 Å². The van der Waals surface area contributed by atoms with Gasteiger partial charge in [-0.05, 0) is 25.1 Å². The predicted molar refractivity (Wildman–Crippen MR) is 62.4 cm³/mol. The molecule has 5 heteroatoms. The number of anilines is 1. The lowest BCUT2D eigenvalue weighted by molar-refractivity contribution is 0.450. The second-order valence-electron chi connectivity index (χ2n) is 3.43. The lowest BCUT2D eigenvalue weighted by Crippen LogP contribution is -1.97. The second kappa shape index (κ2) is 4.49. The molecule has 1 heterocycles. The molecule has 0 saturated heterocycles. The number of nitrogens with two attached hydrogens (primary N) is 1. The van der Waals surface area contributed by atoms with Gasteiger partial charge in [-0.2, -0.15) is 10.4 Å². The molecular formula is C12H10N4O. The van der Waals surface area contributed by atoms with E-state index in [9.17, 15) is 0 Å². The van der Waals surface area contributed by atoms with Crippen LogP contribution in [0.5, 0.6) is 11.6 Å². The Hall–Kier alpha value is -2.61. The maximum Gasteiger partial charge on any atom is 0.256 e. The monoisotopic (exact) mass is 226 g/mol. The number of benzene rings is 1. The van der Waals surface area contributed by atoms with Gasteiger partial charge in [0.25, 0.3) is 5.88 Å². The highest BCUT2D eigenvalue weighted by atomic mass is 16.5. The number of nitrogen functional groups attached to an aromatic ring is 1. The van der Waals surface area contributed by atoms with Crippen LogP contribution < -0.4 is 10.5 Å². The summed E-state index contributed by atoms with van der Waals surface area (Å²) in [5.41, 5.74) is 7.54. The van der Waals surface area contributed by atoms with Crippen molar-refractivity contribution in [2.45, 2.75) is 6.92 Å². The number of aromatic nitrogens is 2. The summed E-state index contributed by atoms with van der Waals surface area (Å²) in [5.74, 6) is 0.755. The van der Waals surface area contributed by atoms with Crippen molar-refractivity contribution >= 4 is 5.69 Å². The summed E-state index contributed by atoms with van der Waals surface area (Å²) >= 11 is 0. The maximum atomic E-state index is 8.90. The van der Waals surface area contributed by atoms with Gasteiger partial charge in [0.2, 0.25) is 0 Å². The highest BCUT2D eigenvalue weighted by Gasteiger charge is 2.09. The summed E-state index contributed by atoms with van der Waals surface area (Å²) < 4.78 is 5.54. The Morgan fingerprint density at radius 2 is 2.18 bits per heavy atom. The van der Waals surface area contributed by atoms with Gasteiger partial charge in [0, 0.05) is 11.3 Å². The van der Waals surface area contributed by atoms with Gasteiger partial charge in [0.05, 0.1) is 6.20 Å². The summed E-state index contributed by atoms with van der Waals surface area (Å²) in [6.45, 7) is 1.84. The molecule has 2 rings (SSSR count). The zero-order valence-electron chi connectivity index (χ0n) is 9.21. The van der Waals surface area contributed by atoms with Crippen LogP contribution in [-0.2, 0) is 0 Å². The Labute approximate surface area is 98.5 Å². The first-order valence-corrected chi connectivity index (χ1v) is 4.97. The van der Waals surface area contributed by atoms with E-state index in [-0.39, 0.29) is 5.88 Å². The van der Waals surface area contributed by atoms with Crippen LogP contribution in [0, 0.1) is 18.3 Å². The third kappa shape index (κ3) is 2.16. The Balaban J connectivity index is 2.39. The first-order chi connectivity index (χ1) is 8.22. The molecule has 0 amide bonds. The van der Waals surface area contributed by atoms with Crippen LogP contribution in [0.3, 0.4) is 0 Å². The van der Waals surface area contributed by atoms with Crippen molar-refractivity contribution < 1.29 is 4.74 Å². The zero-order valence-corrected chi connectivity index (χ0v) is 9.21. The smallest absolute Gasteiger partial charge is 0.256 e. The van der Waals surface area contributed by atoms with Crippen LogP contribution in [0.4, 0.5) is 5.69 Å². The Morgan fingerprint density at radius 1 is 1.35 bits per heavy atom. The maximum absolute atomic E-state index is 8.90. The zero-order chi connectivity index (χ0) is 12.3. The minimum atomic E-state index is 0.184. The van der Waals surface area contributed by atoms with Gasteiger partial charge in [-0.25, -0.2) is 0 Å². The molecule has 0 aliphatic carbocycles. The molecule has 0 unspecified atom stereocenters. The Kier molecular flexibility index (Phi) is 2.88. The van der Waals surface area contributed by atoms with E-state index in [0.717, 1.165) is 5.56 Å². The molecule has 1 aromatic carbocycles. The minimum absolute atomic E-state index is 0.184. The first kappa shape index (κ1) is 10.9. The largest absolute Gasteiger partial charge is 0.436 e. The van der Waals surface area contributed by atoms with Gasteiger partial charge in [-0.3, -0.25) is 0 Å². The summed E-state index contributed by atoms with van der Waals surface area (Å²) in [7, 11) is 0. The quantitative estimate of drug-likeness (QED) is 0.792. The fourth-order valence-corrected chi connectivity index (χ4v) is 1.33. The SMILES string of the molecule is Cc1c(N)cccc1Oc1nnccc1C#N. The van der Waals surface area contributed by atoms with Gasteiger partial charge in [-0.15, -0.1) is 5.10 Å². The number of rotatable bonds is 2. The number of nitriles is 1. The van der Waals surface area contributed by atoms with E-state index in [4.69, 9.17) is 15.7 Å². The molecule has 0 bridgehead atoms. The number of hydrogen-bond acceptors (Lipinski definition) is 5. The van der Waals surface area contributed by atoms with E-state index in [2.05, 4.69) is 10.2 Å². The van der Waals surface area contributed by atoms with Crippen molar-refractivity contribution in [2.24, 2.45) is 0 Å². The predicted octanol–water partition coefficient (Wildman–Crippen LogP) is 2.03. The summed E-state index contributed by atoms with van der Waals surface area (Å²) in [6, 6.07) is 8.86. The van der Waals surface area contributed by atoms with Crippen LogP contribution in [0.2, 0.25) is 0 Å². The van der Waals surface area contributed by atoms with Gasteiger partial charge in [0.15, 0.2) is 0 Å². The number of nitrogens with zero attached hydrogens (tertiary/aromatic N) is 3. The van der Waals surface area contributed by atoms with Crippen LogP contribution in [-0.4, -0.2) is 10.2 Å². The average molecular weight is 226 g/mol. The van der Waals surface area contributed by atoms with Crippen molar-refractivity contribution in [3.05, 3.63) is 41.6 Å². The first-order valence-electron chi connectivity index (χ1n) is 4.97. The molecular weight excluding hydrogens is 216 g/mol. The molecule has 0 aliphatic heterocycles. The average Bonchev–Trinajstić information content (AvgIpc) is 2.35. The fourth-order valence-electron chi connectivity index (χ4n) is 1.33. The molecule has 1 aromatic heterocycles. The van der Waals surface area contributed by atoms with Crippen molar-refractivity contribution in [3.8, 4) is 17.7 Å². The van der Waals surface area contributed by atoms with Crippen LogP contribution in [0.1, 0.15) is 11.1 Å². The Bertz CT molecular complexity index is 589. The van der Waals surface area contributed by atoms with Gasteiger partial charge < -0.3 is 10.5 Å². The Morgan fingerprint density at radius 3 is 2.94 bits per heavy atom. The lowest BCUT2D eigenvalue weighted by atomic mass is 10.2. The molecule has 2 aromatic rings. The summed E-state index contributed by atoms with van der Waals surface area (Å²) in [6.07, 6.45) is 1.44. The summed E-state index contributed by atoms with van der Waals surface area (Å²) in [5, 5.41) is 16.4. The van der Waals surface area contributed by atoms with E-state index >= 15 is 0 Å². The fraction of sp³-hybridized carbons (Fsp3) is 0.0833. The lowest BCUT2D eigenvalue weighted by Gasteiger charge is -2.09. The van der Waals surface area contributed by atoms with E-state index < -0.39 is 0 Å². The summed E-state index contributed by atoms with van der Waals surface area (Å²) in [4.78, 5) is 0. The topological polar surface area (TPSA) is 84.8 Å². The third-order valence-corrected chi connectivity index (χ3v) is 2.34. The molecule has 0 radical (unpaired) electrons. The van der Waals surface area contributed by atoms with Crippen molar-refractivity contribution in [2.75, 3.05) is 5.73 Å².